The minimum absolute atomic E-state index is 0.149. The van der Waals surface area contributed by atoms with Crippen molar-refractivity contribution in [1.29, 1.82) is 0 Å². The summed E-state index contributed by atoms with van der Waals surface area (Å²) >= 11 is 1.15. The largest absolute Gasteiger partial charge is 0.396 e. The third kappa shape index (κ3) is 10.5. The van der Waals surface area contributed by atoms with Crippen LogP contribution in [0.25, 0.3) is 0 Å². The molecule has 0 aromatic rings. The Balaban J connectivity index is 3.35. The number of aliphatic hydroxyl groups excluding tert-OH is 4. The van der Waals surface area contributed by atoms with Crippen LogP contribution in [0.5, 0.6) is 0 Å². The van der Waals surface area contributed by atoms with Gasteiger partial charge in [-0.3, -0.25) is 0 Å². The molecular weight excluding hydrogens is 216 g/mol. The Bertz CT molecular complexity index is 121. The predicted molar refractivity (Wildman–Crippen MR) is 61.5 cm³/mol. The van der Waals surface area contributed by atoms with E-state index in [1.54, 1.807) is 0 Å². The lowest BCUT2D eigenvalue weighted by Crippen LogP contribution is -2.10. The van der Waals surface area contributed by atoms with E-state index in [4.69, 9.17) is 10.2 Å². The van der Waals surface area contributed by atoms with Crippen LogP contribution < -0.4 is 0 Å². The molecule has 0 radical (unpaired) electrons. The van der Waals surface area contributed by atoms with Crippen LogP contribution in [0, 0.1) is 0 Å². The molecular formula is C10H22O4S. The highest BCUT2D eigenvalue weighted by Gasteiger charge is 2.11. The summed E-state index contributed by atoms with van der Waals surface area (Å²) in [6.45, 7) is 0.298. The summed E-state index contributed by atoms with van der Waals surface area (Å²) in [5, 5.41) is 36.0. The highest BCUT2D eigenvalue weighted by Crippen LogP contribution is 2.22. The van der Waals surface area contributed by atoms with Crippen molar-refractivity contribution in [3.05, 3.63) is 0 Å². The first kappa shape index (κ1) is 15.2. The molecule has 0 aromatic heterocycles. The molecule has 0 heterocycles. The van der Waals surface area contributed by atoms with E-state index in [0.29, 0.717) is 25.7 Å². The lowest BCUT2D eigenvalue weighted by atomic mass is 10.2. The van der Waals surface area contributed by atoms with Crippen molar-refractivity contribution in [3.63, 3.8) is 0 Å². The summed E-state index contributed by atoms with van der Waals surface area (Å²) in [6, 6.07) is 0. The average Bonchev–Trinajstić information content (AvgIpc) is 2.18. The lowest BCUT2D eigenvalue weighted by Gasteiger charge is -2.14. The topological polar surface area (TPSA) is 80.9 Å². The van der Waals surface area contributed by atoms with Gasteiger partial charge in [0.15, 0.2) is 0 Å². The van der Waals surface area contributed by atoms with Crippen LogP contribution in [-0.4, -0.2) is 44.5 Å². The molecule has 0 saturated carbocycles. The number of rotatable bonds is 10. The Labute approximate surface area is 95.3 Å². The van der Waals surface area contributed by atoms with Gasteiger partial charge in [0, 0.05) is 13.2 Å². The van der Waals surface area contributed by atoms with Crippen LogP contribution in [0.4, 0.5) is 0 Å². The molecule has 0 saturated heterocycles. The second-order valence-electron chi connectivity index (χ2n) is 3.48. The number of hydrogen-bond donors (Lipinski definition) is 4. The molecule has 0 aliphatic carbocycles. The van der Waals surface area contributed by atoms with Crippen molar-refractivity contribution in [2.45, 2.75) is 49.4 Å². The molecule has 2 atom stereocenters. The van der Waals surface area contributed by atoms with Gasteiger partial charge in [0.25, 0.3) is 0 Å². The van der Waals surface area contributed by atoms with Crippen molar-refractivity contribution in [3.8, 4) is 0 Å². The Morgan fingerprint density at radius 2 is 1.13 bits per heavy atom. The maximum atomic E-state index is 9.47. The highest BCUT2D eigenvalue weighted by molar-refractivity contribution is 8.00. The molecule has 2 unspecified atom stereocenters. The molecule has 0 amide bonds. The second-order valence-corrected chi connectivity index (χ2v) is 4.84. The first-order valence-electron chi connectivity index (χ1n) is 5.44. The van der Waals surface area contributed by atoms with Crippen LogP contribution >= 0.6 is 11.8 Å². The van der Waals surface area contributed by atoms with Crippen molar-refractivity contribution < 1.29 is 20.4 Å². The van der Waals surface area contributed by atoms with Gasteiger partial charge < -0.3 is 20.4 Å². The van der Waals surface area contributed by atoms with E-state index in [2.05, 4.69) is 0 Å². The lowest BCUT2D eigenvalue weighted by molar-refractivity contribution is 0.211. The predicted octanol–water partition coefficient (Wildman–Crippen LogP) is 0.682. The van der Waals surface area contributed by atoms with Crippen LogP contribution in [0.3, 0.4) is 0 Å². The number of thioether (sulfide) groups is 1. The molecule has 0 rings (SSSR count). The summed E-state index contributed by atoms with van der Waals surface area (Å²) < 4.78 is 0. The van der Waals surface area contributed by atoms with Crippen molar-refractivity contribution >= 4 is 11.8 Å². The zero-order chi connectivity index (χ0) is 11.5. The first-order valence-corrected chi connectivity index (χ1v) is 6.38. The van der Waals surface area contributed by atoms with Gasteiger partial charge in [0.1, 0.15) is 10.9 Å². The van der Waals surface area contributed by atoms with Crippen molar-refractivity contribution in [2.24, 2.45) is 0 Å². The van der Waals surface area contributed by atoms with Gasteiger partial charge in [-0.1, -0.05) is 11.8 Å². The Morgan fingerprint density at radius 1 is 0.733 bits per heavy atom. The third-order valence-corrected chi connectivity index (χ3v) is 3.13. The van der Waals surface area contributed by atoms with Gasteiger partial charge >= 0.3 is 0 Å². The van der Waals surface area contributed by atoms with Crippen molar-refractivity contribution in [1.82, 2.24) is 0 Å². The molecule has 4 nitrogen and oxygen atoms in total. The number of unbranched alkanes of at least 4 members (excludes halogenated alkanes) is 2. The minimum atomic E-state index is -0.555. The monoisotopic (exact) mass is 238 g/mol. The Hall–Kier alpha value is 0.190. The molecule has 4 N–H and O–H groups in total. The van der Waals surface area contributed by atoms with E-state index in [1.165, 1.54) is 0 Å². The number of aliphatic hydroxyl groups is 4. The van der Waals surface area contributed by atoms with Gasteiger partial charge in [-0.05, 0) is 38.5 Å². The van der Waals surface area contributed by atoms with E-state index < -0.39 is 10.9 Å². The highest BCUT2D eigenvalue weighted by atomic mass is 32.2. The van der Waals surface area contributed by atoms with Gasteiger partial charge in [0.05, 0.1) is 0 Å². The Kier molecular flexibility index (Phi) is 10.8. The first-order chi connectivity index (χ1) is 7.20. The molecule has 92 valence electrons. The van der Waals surface area contributed by atoms with Gasteiger partial charge in [-0.15, -0.1) is 0 Å². The van der Waals surface area contributed by atoms with Crippen LogP contribution in [0.15, 0.2) is 0 Å². The van der Waals surface area contributed by atoms with E-state index in [0.717, 1.165) is 24.6 Å². The van der Waals surface area contributed by atoms with E-state index in [1.807, 2.05) is 0 Å². The molecule has 0 aliphatic rings. The standard InChI is InChI=1S/C10H22O4S/c11-7-3-1-5-9(13)15-10(14)6-2-4-8-12/h9-14H,1-8H2. The fourth-order valence-corrected chi connectivity index (χ4v) is 2.15. The molecule has 5 heteroatoms. The minimum Gasteiger partial charge on any atom is -0.396 e. The maximum absolute atomic E-state index is 9.47. The summed E-state index contributed by atoms with van der Waals surface area (Å²) in [4.78, 5) is 0. The molecule has 0 fully saturated rings. The molecule has 0 spiro atoms. The SMILES string of the molecule is OCCCCC(O)SC(O)CCCCO. The third-order valence-electron chi connectivity index (χ3n) is 2.03. The van der Waals surface area contributed by atoms with Crippen LogP contribution in [0.1, 0.15) is 38.5 Å². The van der Waals surface area contributed by atoms with Crippen LogP contribution in [-0.2, 0) is 0 Å². The van der Waals surface area contributed by atoms with Gasteiger partial charge in [-0.2, -0.15) is 0 Å². The molecule has 0 aliphatic heterocycles. The van der Waals surface area contributed by atoms with Gasteiger partial charge in [-0.25, -0.2) is 0 Å². The molecule has 0 bridgehead atoms. The Morgan fingerprint density at radius 3 is 1.47 bits per heavy atom. The zero-order valence-electron chi connectivity index (χ0n) is 9.01. The quantitative estimate of drug-likeness (QED) is 0.332. The van der Waals surface area contributed by atoms with E-state index >= 15 is 0 Å². The van der Waals surface area contributed by atoms with Gasteiger partial charge in [0.2, 0.25) is 0 Å². The van der Waals surface area contributed by atoms with Crippen molar-refractivity contribution in [2.75, 3.05) is 13.2 Å². The summed E-state index contributed by atoms with van der Waals surface area (Å²) in [5.74, 6) is 0. The zero-order valence-corrected chi connectivity index (χ0v) is 9.83. The average molecular weight is 238 g/mol. The summed E-state index contributed by atoms with van der Waals surface area (Å²) in [6.07, 6.45) is 4.13. The fraction of sp³-hybridized carbons (Fsp3) is 1.00. The maximum Gasteiger partial charge on any atom is 0.102 e. The summed E-state index contributed by atoms with van der Waals surface area (Å²) in [5.41, 5.74) is -1.11. The fourth-order valence-electron chi connectivity index (χ4n) is 1.18. The van der Waals surface area contributed by atoms with E-state index in [9.17, 15) is 10.2 Å². The molecule has 15 heavy (non-hydrogen) atoms. The number of hydrogen-bond acceptors (Lipinski definition) is 5. The second kappa shape index (κ2) is 10.7. The summed E-state index contributed by atoms with van der Waals surface area (Å²) in [7, 11) is 0. The smallest absolute Gasteiger partial charge is 0.102 e. The molecule has 0 aromatic carbocycles. The van der Waals surface area contributed by atoms with E-state index in [-0.39, 0.29) is 13.2 Å². The normalized spacial score (nSPS) is 15.2. The van der Waals surface area contributed by atoms with Crippen LogP contribution in [0.2, 0.25) is 0 Å².